The van der Waals surface area contributed by atoms with E-state index >= 15 is 0 Å². The maximum atomic E-state index is 11.8. The molecule has 0 aliphatic rings. The summed E-state index contributed by atoms with van der Waals surface area (Å²) in [6.45, 7) is 4.34. The number of hydrogen-bond acceptors (Lipinski definition) is 2. The standard InChI is InChI=1S/C11H12N2O3/c1-3-13-5-8(11(15)16)9(14)7-4-6(2)12-10(7)13/h4-5,12H,3H2,1-2H3,(H,15,16). The molecule has 0 aromatic carbocycles. The minimum atomic E-state index is -1.19. The fraction of sp³-hybridized carbons (Fsp3) is 0.273. The summed E-state index contributed by atoms with van der Waals surface area (Å²) >= 11 is 0. The van der Waals surface area contributed by atoms with Gasteiger partial charge in [-0.25, -0.2) is 4.79 Å². The SMILES string of the molecule is CCn1cc(C(=O)O)c(=O)c2cc(C)[nH]c21. The highest BCUT2D eigenvalue weighted by atomic mass is 16.4. The zero-order valence-corrected chi connectivity index (χ0v) is 9.07. The second-order valence-electron chi connectivity index (χ2n) is 3.68. The van der Waals surface area contributed by atoms with E-state index in [4.69, 9.17) is 5.11 Å². The van der Waals surface area contributed by atoms with Crippen LogP contribution >= 0.6 is 0 Å². The number of aromatic carboxylic acids is 1. The highest BCUT2D eigenvalue weighted by molar-refractivity contribution is 5.92. The Bertz CT molecular complexity index is 622. The molecule has 2 heterocycles. The molecule has 0 radical (unpaired) electrons. The molecule has 0 saturated carbocycles. The Hall–Kier alpha value is -2.04. The number of carbonyl (C=O) groups is 1. The van der Waals surface area contributed by atoms with Gasteiger partial charge in [0.25, 0.3) is 0 Å². The number of aryl methyl sites for hydroxylation is 2. The molecule has 2 aromatic rings. The molecule has 0 aliphatic carbocycles. The average Bonchev–Trinajstić information content (AvgIpc) is 2.60. The fourth-order valence-electron chi connectivity index (χ4n) is 1.80. The van der Waals surface area contributed by atoms with E-state index in [1.54, 1.807) is 10.6 Å². The fourth-order valence-corrected chi connectivity index (χ4v) is 1.80. The lowest BCUT2D eigenvalue weighted by atomic mass is 10.2. The molecule has 0 amide bonds. The first-order valence-corrected chi connectivity index (χ1v) is 5.00. The van der Waals surface area contributed by atoms with Gasteiger partial charge in [-0.05, 0) is 19.9 Å². The maximum Gasteiger partial charge on any atom is 0.341 e. The zero-order chi connectivity index (χ0) is 11.9. The second kappa shape index (κ2) is 3.52. The number of nitrogens with one attached hydrogen (secondary N) is 1. The lowest BCUT2D eigenvalue weighted by molar-refractivity contribution is 0.0695. The molecule has 0 unspecified atom stereocenters. The molecule has 0 spiro atoms. The zero-order valence-electron chi connectivity index (χ0n) is 9.07. The van der Waals surface area contributed by atoms with Crippen molar-refractivity contribution < 1.29 is 9.90 Å². The maximum absolute atomic E-state index is 11.8. The molecule has 5 heteroatoms. The Balaban J connectivity index is 2.93. The summed E-state index contributed by atoms with van der Waals surface area (Å²) in [5, 5.41) is 9.36. The summed E-state index contributed by atoms with van der Waals surface area (Å²) in [4.78, 5) is 25.8. The van der Waals surface area contributed by atoms with Crippen LogP contribution in [0, 0.1) is 6.92 Å². The quantitative estimate of drug-likeness (QED) is 0.802. The van der Waals surface area contributed by atoms with Crippen LogP contribution in [0.4, 0.5) is 0 Å². The second-order valence-corrected chi connectivity index (χ2v) is 3.68. The molecular formula is C11H12N2O3. The minimum absolute atomic E-state index is 0.187. The van der Waals surface area contributed by atoms with Crippen LogP contribution < -0.4 is 5.43 Å². The number of nitrogens with zero attached hydrogens (tertiary/aromatic N) is 1. The summed E-state index contributed by atoms with van der Waals surface area (Å²) in [7, 11) is 0. The van der Waals surface area contributed by atoms with Crippen LogP contribution in [0.25, 0.3) is 11.0 Å². The molecule has 0 bridgehead atoms. The van der Waals surface area contributed by atoms with E-state index in [9.17, 15) is 9.59 Å². The van der Waals surface area contributed by atoms with Crippen molar-refractivity contribution >= 4 is 17.0 Å². The first-order chi connectivity index (χ1) is 7.54. The van der Waals surface area contributed by atoms with E-state index in [2.05, 4.69) is 4.98 Å². The third kappa shape index (κ3) is 1.41. The Morgan fingerprint density at radius 1 is 1.56 bits per heavy atom. The van der Waals surface area contributed by atoms with Crippen molar-refractivity contribution in [2.75, 3.05) is 0 Å². The minimum Gasteiger partial charge on any atom is -0.477 e. The number of H-pyrrole nitrogens is 1. The van der Waals surface area contributed by atoms with Crippen molar-refractivity contribution in [3.63, 3.8) is 0 Å². The molecule has 0 fully saturated rings. The molecular weight excluding hydrogens is 208 g/mol. The van der Waals surface area contributed by atoms with Gasteiger partial charge in [-0.3, -0.25) is 4.79 Å². The van der Waals surface area contributed by atoms with E-state index in [0.717, 1.165) is 5.69 Å². The Kier molecular flexibility index (Phi) is 2.30. The predicted molar refractivity (Wildman–Crippen MR) is 59.9 cm³/mol. The normalized spacial score (nSPS) is 10.9. The third-order valence-electron chi connectivity index (χ3n) is 2.56. The molecule has 0 aliphatic heterocycles. The molecule has 2 rings (SSSR count). The number of aromatic amines is 1. The molecule has 0 saturated heterocycles. The monoisotopic (exact) mass is 220 g/mol. The van der Waals surface area contributed by atoms with Crippen LogP contribution in [0.5, 0.6) is 0 Å². The van der Waals surface area contributed by atoms with Gasteiger partial charge in [0.05, 0.1) is 5.39 Å². The summed E-state index contributed by atoms with van der Waals surface area (Å²) in [5.74, 6) is -1.19. The van der Waals surface area contributed by atoms with E-state index in [-0.39, 0.29) is 5.56 Å². The van der Waals surface area contributed by atoms with Gasteiger partial charge >= 0.3 is 5.97 Å². The van der Waals surface area contributed by atoms with Gasteiger partial charge in [0.15, 0.2) is 0 Å². The predicted octanol–water partition coefficient (Wildman–Crippen LogP) is 1.36. The van der Waals surface area contributed by atoms with E-state index in [1.807, 2.05) is 13.8 Å². The number of pyridine rings is 1. The number of aromatic nitrogens is 2. The molecule has 0 atom stereocenters. The first-order valence-electron chi connectivity index (χ1n) is 5.00. The third-order valence-corrected chi connectivity index (χ3v) is 2.56. The van der Waals surface area contributed by atoms with Crippen LogP contribution in [-0.2, 0) is 6.54 Å². The van der Waals surface area contributed by atoms with Gasteiger partial charge in [0, 0.05) is 18.4 Å². The van der Waals surface area contributed by atoms with Crippen LogP contribution in [0.3, 0.4) is 0 Å². The van der Waals surface area contributed by atoms with Crippen LogP contribution in [0.1, 0.15) is 23.0 Å². The van der Waals surface area contributed by atoms with Gasteiger partial charge in [-0.2, -0.15) is 0 Å². The smallest absolute Gasteiger partial charge is 0.341 e. The van der Waals surface area contributed by atoms with Gasteiger partial charge in [0.1, 0.15) is 11.2 Å². The lowest BCUT2D eigenvalue weighted by Crippen LogP contribution is -2.18. The first kappa shape index (κ1) is 10.5. The Morgan fingerprint density at radius 3 is 2.81 bits per heavy atom. The van der Waals surface area contributed by atoms with Crippen molar-refractivity contribution in [1.29, 1.82) is 0 Å². The number of rotatable bonds is 2. The molecule has 5 nitrogen and oxygen atoms in total. The van der Waals surface area contributed by atoms with E-state index in [0.29, 0.717) is 17.6 Å². The van der Waals surface area contributed by atoms with Crippen molar-refractivity contribution in [2.24, 2.45) is 0 Å². The van der Waals surface area contributed by atoms with Gasteiger partial charge in [-0.15, -0.1) is 0 Å². The molecule has 84 valence electrons. The Morgan fingerprint density at radius 2 is 2.25 bits per heavy atom. The summed E-state index contributed by atoms with van der Waals surface area (Å²) in [6.07, 6.45) is 1.38. The number of carboxylic acids is 1. The van der Waals surface area contributed by atoms with Gasteiger partial charge < -0.3 is 14.7 Å². The van der Waals surface area contributed by atoms with Crippen molar-refractivity contribution in [1.82, 2.24) is 9.55 Å². The van der Waals surface area contributed by atoms with Gasteiger partial charge in [0.2, 0.25) is 5.43 Å². The number of carboxylic acid groups (broad SMARTS) is 1. The molecule has 2 N–H and O–H groups in total. The van der Waals surface area contributed by atoms with Gasteiger partial charge in [-0.1, -0.05) is 0 Å². The Labute approximate surface area is 91.3 Å². The van der Waals surface area contributed by atoms with Crippen molar-refractivity contribution in [3.8, 4) is 0 Å². The van der Waals surface area contributed by atoms with Crippen LogP contribution in [0.2, 0.25) is 0 Å². The van der Waals surface area contributed by atoms with Crippen molar-refractivity contribution in [3.05, 3.63) is 33.7 Å². The number of hydrogen-bond donors (Lipinski definition) is 2. The summed E-state index contributed by atoms with van der Waals surface area (Å²) < 4.78 is 1.73. The average molecular weight is 220 g/mol. The molecule has 2 aromatic heterocycles. The topological polar surface area (TPSA) is 75.1 Å². The largest absolute Gasteiger partial charge is 0.477 e. The van der Waals surface area contributed by atoms with Crippen LogP contribution in [0.15, 0.2) is 17.1 Å². The van der Waals surface area contributed by atoms with Crippen LogP contribution in [-0.4, -0.2) is 20.6 Å². The lowest BCUT2D eigenvalue weighted by Gasteiger charge is -2.05. The summed E-state index contributed by atoms with van der Waals surface area (Å²) in [6, 6.07) is 1.68. The van der Waals surface area contributed by atoms with E-state index < -0.39 is 11.4 Å². The van der Waals surface area contributed by atoms with Crippen molar-refractivity contribution in [2.45, 2.75) is 20.4 Å². The molecule has 16 heavy (non-hydrogen) atoms. The highest BCUT2D eigenvalue weighted by Gasteiger charge is 2.15. The van der Waals surface area contributed by atoms with E-state index in [1.165, 1.54) is 6.20 Å². The number of fused-ring (bicyclic) bond motifs is 1. The summed E-state index contributed by atoms with van der Waals surface area (Å²) in [5.41, 5.74) is 0.900. The highest BCUT2D eigenvalue weighted by Crippen LogP contribution is 2.12.